The summed E-state index contributed by atoms with van der Waals surface area (Å²) in [5, 5.41) is 3.29. The second-order valence-corrected chi connectivity index (χ2v) is 6.85. The monoisotopic (exact) mass is 459 g/mol. The van der Waals surface area contributed by atoms with Crippen molar-refractivity contribution in [1.29, 1.82) is 0 Å². The number of aryl methyl sites for hydroxylation is 1. The normalized spacial score (nSPS) is 10.3. The quantitative estimate of drug-likeness (QED) is 0.638. The summed E-state index contributed by atoms with van der Waals surface area (Å²) in [7, 11) is 0. The highest BCUT2D eigenvalue weighted by atomic mass is 79.9. The van der Waals surface area contributed by atoms with Gasteiger partial charge in [-0.2, -0.15) is 0 Å². The molecule has 0 aromatic heterocycles. The summed E-state index contributed by atoms with van der Waals surface area (Å²) in [4.78, 5) is 22.7. The first-order chi connectivity index (χ1) is 10.9. The lowest BCUT2D eigenvalue weighted by Gasteiger charge is -2.11. The molecule has 23 heavy (non-hydrogen) atoms. The molecule has 1 amide bonds. The van der Waals surface area contributed by atoms with Crippen LogP contribution in [-0.2, 0) is 4.79 Å². The topological polar surface area (TPSA) is 55.4 Å². The highest BCUT2D eigenvalue weighted by Crippen LogP contribution is 2.34. The van der Waals surface area contributed by atoms with Crippen molar-refractivity contribution in [2.24, 2.45) is 0 Å². The molecule has 0 aliphatic rings. The van der Waals surface area contributed by atoms with E-state index < -0.39 is 0 Å². The Hall–Kier alpha value is -1.37. The van der Waals surface area contributed by atoms with Gasteiger partial charge in [0.1, 0.15) is 12.0 Å². The van der Waals surface area contributed by atoms with Crippen LogP contribution in [0.2, 0.25) is 5.02 Å². The van der Waals surface area contributed by atoms with E-state index in [0.717, 1.165) is 11.8 Å². The summed E-state index contributed by atoms with van der Waals surface area (Å²) < 4.78 is 6.67. The molecule has 0 aliphatic heterocycles. The third-order valence-electron chi connectivity index (χ3n) is 2.96. The summed E-state index contributed by atoms with van der Waals surface area (Å²) in [5.41, 5.74) is 2.03. The SMILES string of the molecule is Cc1ccc(NC(=O)COc2c(Br)cc(C=O)cc2Br)cc1Cl. The fourth-order valence-electron chi connectivity index (χ4n) is 1.79. The van der Waals surface area contributed by atoms with E-state index in [9.17, 15) is 9.59 Å². The number of hydrogen-bond acceptors (Lipinski definition) is 3. The van der Waals surface area contributed by atoms with Crippen molar-refractivity contribution in [1.82, 2.24) is 0 Å². The number of anilines is 1. The predicted molar refractivity (Wildman–Crippen MR) is 97.5 cm³/mol. The fraction of sp³-hybridized carbons (Fsp3) is 0.125. The number of aldehydes is 1. The van der Waals surface area contributed by atoms with Crippen LogP contribution in [0.4, 0.5) is 5.69 Å². The van der Waals surface area contributed by atoms with Crippen LogP contribution in [0, 0.1) is 6.92 Å². The van der Waals surface area contributed by atoms with Gasteiger partial charge >= 0.3 is 0 Å². The third kappa shape index (κ3) is 4.80. The maximum Gasteiger partial charge on any atom is 0.262 e. The van der Waals surface area contributed by atoms with Crippen LogP contribution in [-0.4, -0.2) is 18.8 Å². The first-order valence-electron chi connectivity index (χ1n) is 6.53. The molecule has 0 spiro atoms. The minimum atomic E-state index is -0.316. The van der Waals surface area contributed by atoms with Crippen molar-refractivity contribution in [3.05, 3.63) is 55.4 Å². The van der Waals surface area contributed by atoms with Gasteiger partial charge in [0.25, 0.3) is 5.91 Å². The van der Waals surface area contributed by atoms with Crippen LogP contribution in [0.25, 0.3) is 0 Å². The average molecular weight is 462 g/mol. The predicted octanol–water partition coefficient (Wildman–Crippen LogP) is 5.00. The van der Waals surface area contributed by atoms with E-state index in [1.807, 2.05) is 13.0 Å². The van der Waals surface area contributed by atoms with Gasteiger partial charge in [0, 0.05) is 16.3 Å². The molecule has 0 fully saturated rings. The van der Waals surface area contributed by atoms with Crippen molar-refractivity contribution in [3.63, 3.8) is 0 Å². The first-order valence-corrected chi connectivity index (χ1v) is 8.50. The number of nitrogens with one attached hydrogen (secondary N) is 1. The van der Waals surface area contributed by atoms with Gasteiger partial charge in [0.05, 0.1) is 8.95 Å². The largest absolute Gasteiger partial charge is 0.481 e. The summed E-state index contributed by atoms with van der Waals surface area (Å²) in [6.45, 7) is 1.71. The summed E-state index contributed by atoms with van der Waals surface area (Å²) in [6.07, 6.45) is 0.729. The second kappa shape index (κ2) is 7.95. The standard InChI is InChI=1S/C16H12Br2ClNO3/c1-9-2-3-11(6-14(9)19)20-15(22)8-23-16-12(17)4-10(7-21)5-13(16)18/h2-7H,8H2,1H3,(H,20,22). The van der Waals surface area contributed by atoms with Gasteiger partial charge in [-0.1, -0.05) is 17.7 Å². The van der Waals surface area contributed by atoms with Crippen LogP contribution >= 0.6 is 43.5 Å². The summed E-state index contributed by atoms with van der Waals surface area (Å²) in [6, 6.07) is 8.50. The minimum absolute atomic E-state index is 0.177. The zero-order chi connectivity index (χ0) is 17.0. The molecule has 2 rings (SSSR count). The molecule has 0 saturated carbocycles. The number of rotatable bonds is 5. The van der Waals surface area contributed by atoms with Gasteiger partial charge in [-0.15, -0.1) is 0 Å². The number of halogens is 3. The number of hydrogen-bond donors (Lipinski definition) is 1. The van der Waals surface area contributed by atoms with Gasteiger partial charge in [-0.25, -0.2) is 0 Å². The molecule has 0 bridgehead atoms. The average Bonchev–Trinajstić information content (AvgIpc) is 2.50. The fourth-order valence-corrected chi connectivity index (χ4v) is 3.42. The molecule has 0 saturated heterocycles. The van der Waals surface area contributed by atoms with Crippen molar-refractivity contribution in [3.8, 4) is 5.75 Å². The minimum Gasteiger partial charge on any atom is -0.481 e. The van der Waals surface area contributed by atoms with Gasteiger partial charge in [0.2, 0.25) is 0 Å². The molecule has 0 aliphatic carbocycles. The van der Waals surface area contributed by atoms with Crippen LogP contribution < -0.4 is 10.1 Å². The van der Waals surface area contributed by atoms with E-state index in [2.05, 4.69) is 37.2 Å². The second-order valence-electron chi connectivity index (χ2n) is 4.73. The Labute approximate surface area is 155 Å². The molecule has 2 aromatic carbocycles. The zero-order valence-corrected chi connectivity index (χ0v) is 16.0. The van der Waals surface area contributed by atoms with Gasteiger partial charge in [0.15, 0.2) is 6.61 Å². The molecule has 7 heteroatoms. The molecular weight excluding hydrogens is 449 g/mol. The Bertz CT molecular complexity index is 742. The van der Waals surface area contributed by atoms with E-state index in [0.29, 0.717) is 31.0 Å². The van der Waals surface area contributed by atoms with Crippen molar-refractivity contribution in [2.75, 3.05) is 11.9 Å². The van der Waals surface area contributed by atoms with Crippen molar-refractivity contribution < 1.29 is 14.3 Å². The molecular formula is C16H12Br2ClNO3. The van der Waals surface area contributed by atoms with Gasteiger partial charge in [-0.3, -0.25) is 9.59 Å². The maximum atomic E-state index is 12.0. The van der Waals surface area contributed by atoms with E-state index in [1.165, 1.54) is 0 Å². The van der Waals surface area contributed by atoms with E-state index in [-0.39, 0.29) is 12.5 Å². The number of benzene rings is 2. The van der Waals surface area contributed by atoms with Gasteiger partial charge in [-0.05, 0) is 68.6 Å². The Morgan fingerprint density at radius 3 is 2.48 bits per heavy atom. The Kier molecular flexibility index (Phi) is 6.21. The molecule has 0 radical (unpaired) electrons. The summed E-state index contributed by atoms with van der Waals surface area (Å²) >= 11 is 12.6. The molecule has 120 valence electrons. The lowest BCUT2D eigenvalue weighted by Crippen LogP contribution is -2.20. The Morgan fingerprint density at radius 2 is 1.91 bits per heavy atom. The number of ether oxygens (including phenoxy) is 1. The molecule has 2 aromatic rings. The summed E-state index contributed by atoms with van der Waals surface area (Å²) in [5.74, 6) is 0.135. The molecule has 1 N–H and O–H groups in total. The van der Waals surface area contributed by atoms with Crippen LogP contribution in [0.5, 0.6) is 5.75 Å². The highest BCUT2D eigenvalue weighted by molar-refractivity contribution is 9.11. The maximum absolute atomic E-state index is 12.0. The number of carbonyl (C=O) groups is 2. The van der Waals surface area contributed by atoms with Crippen LogP contribution in [0.3, 0.4) is 0 Å². The molecule has 0 unspecified atom stereocenters. The first kappa shape index (κ1) is 18.0. The van der Waals surface area contributed by atoms with E-state index in [4.69, 9.17) is 16.3 Å². The molecule has 0 atom stereocenters. The number of carbonyl (C=O) groups excluding carboxylic acids is 2. The highest BCUT2D eigenvalue weighted by Gasteiger charge is 2.11. The van der Waals surface area contributed by atoms with Crippen molar-refractivity contribution in [2.45, 2.75) is 6.92 Å². The molecule has 0 heterocycles. The molecule has 4 nitrogen and oxygen atoms in total. The number of amides is 1. The van der Waals surface area contributed by atoms with Crippen LogP contribution in [0.15, 0.2) is 39.3 Å². The van der Waals surface area contributed by atoms with Crippen LogP contribution in [0.1, 0.15) is 15.9 Å². The zero-order valence-electron chi connectivity index (χ0n) is 12.0. The smallest absolute Gasteiger partial charge is 0.262 e. The van der Waals surface area contributed by atoms with E-state index >= 15 is 0 Å². The van der Waals surface area contributed by atoms with E-state index in [1.54, 1.807) is 24.3 Å². The lowest BCUT2D eigenvalue weighted by molar-refractivity contribution is -0.118. The van der Waals surface area contributed by atoms with Crippen molar-refractivity contribution >= 4 is 61.3 Å². The lowest BCUT2D eigenvalue weighted by atomic mass is 10.2. The van der Waals surface area contributed by atoms with Gasteiger partial charge < -0.3 is 10.1 Å². The Morgan fingerprint density at radius 1 is 1.26 bits per heavy atom. The third-order valence-corrected chi connectivity index (χ3v) is 4.55. The Balaban J connectivity index is 2.02.